The van der Waals surface area contributed by atoms with Crippen molar-refractivity contribution in [1.82, 2.24) is 0 Å². The lowest BCUT2D eigenvalue weighted by Crippen LogP contribution is -2.17. The number of carbonyl (C=O) groups is 1. The largest absolute Gasteiger partial charge is 0.494 e. The summed E-state index contributed by atoms with van der Waals surface area (Å²) >= 11 is 0. The second-order valence-electron chi connectivity index (χ2n) is 4.57. The van der Waals surface area contributed by atoms with E-state index in [1.54, 1.807) is 48.5 Å². The van der Waals surface area contributed by atoms with Crippen molar-refractivity contribution in [1.29, 1.82) is 0 Å². The number of ether oxygens (including phenoxy) is 4. The van der Waals surface area contributed by atoms with E-state index < -0.39 is 5.97 Å². The Morgan fingerprint density at radius 2 is 1.09 bits per heavy atom. The van der Waals surface area contributed by atoms with Crippen LogP contribution in [0.25, 0.3) is 0 Å². The van der Waals surface area contributed by atoms with Crippen LogP contribution in [0.5, 0.6) is 23.0 Å². The third-order valence-electron chi connectivity index (χ3n) is 2.86. The molecule has 2 aromatic rings. The zero-order valence-electron chi connectivity index (χ0n) is 13.3. The summed E-state index contributed by atoms with van der Waals surface area (Å²) in [5.74, 6) is 2.06. The molecule has 5 nitrogen and oxygen atoms in total. The van der Waals surface area contributed by atoms with E-state index in [9.17, 15) is 4.79 Å². The number of esters is 1. The molecule has 0 radical (unpaired) electrons. The van der Waals surface area contributed by atoms with Crippen molar-refractivity contribution in [3.63, 3.8) is 0 Å². The molecule has 0 aromatic heterocycles. The molecule has 2 aromatic carbocycles. The van der Waals surface area contributed by atoms with Gasteiger partial charge in [0.15, 0.2) is 6.61 Å². The molecule has 5 heteroatoms. The highest BCUT2D eigenvalue weighted by atomic mass is 16.6. The van der Waals surface area contributed by atoms with Gasteiger partial charge >= 0.3 is 5.97 Å². The highest BCUT2D eigenvalue weighted by molar-refractivity contribution is 5.74. The molecule has 0 saturated heterocycles. The quantitative estimate of drug-likeness (QED) is 0.551. The molecule has 0 unspecified atom stereocenters. The van der Waals surface area contributed by atoms with Crippen LogP contribution in [-0.2, 0) is 4.79 Å². The monoisotopic (exact) mass is 316 g/mol. The van der Waals surface area contributed by atoms with Gasteiger partial charge in [-0.2, -0.15) is 0 Å². The number of hydrogen-bond acceptors (Lipinski definition) is 5. The number of hydrogen-bond donors (Lipinski definition) is 0. The van der Waals surface area contributed by atoms with Crippen LogP contribution in [0, 0.1) is 0 Å². The van der Waals surface area contributed by atoms with Gasteiger partial charge in [-0.15, -0.1) is 0 Å². The van der Waals surface area contributed by atoms with Gasteiger partial charge in [0.05, 0.1) is 13.2 Å². The van der Waals surface area contributed by atoms with Gasteiger partial charge in [0.1, 0.15) is 23.0 Å². The van der Waals surface area contributed by atoms with Crippen LogP contribution in [0.4, 0.5) is 0 Å². The van der Waals surface area contributed by atoms with Crippen LogP contribution in [0.15, 0.2) is 48.5 Å². The summed E-state index contributed by atoms with van der Waals surface area (Å²) in [6, 6.07) is 13.9. The molecule has 0 amide bonds. The Morgan fingerprint density at radius 3 is 1.52 bits per heavy atom. The van der Waals surface area contributed by atoms with Crippen LogP contribution >= 0.6 is 0 Å². The maximum atomic E-state index is 11.8. The molecule has 0 fully saturated rings. The third-order valence-corrected chi connectivity index (χ3v) is 2.86. The standard InChI is InChI=1S/C18H20O5/c1-3-20-14-5-7-16(8-6-14)22-13-18(19)23-17-11-9-15(10-12-17)21-4-2/h5-12H,3-4,13H2,1-2H3. The molecule has 0 N–H and O–H groups in total. The molecule has 0 bridgehead atoms. The van der Waals surface area contributed by atoms with Crippen molar-refractivity contribution < 1.29 is 23.7 Å². The van der Waals surface area contributed by atoms with E-state index in [2.05, 4.69) is 0 Å². The number of carbonyl (C=O) groups excluding carboxylic acids is 1. The van der Waals surface area contributed by atoms with E-state index in [0.717, 1.165) is 11.5 Å². The van der Waals surface area contributed by atoms with Gasteiger partial charge < -0.3 is 18.9 Å². The Morgan fingerprint density at radius 1 is 0.696 bits per heavy atom. The molecule has 0 aliphatic carbocycles. The van der Waals surface area contributed by atoms with Crippen molar-refractivity contribution in [2.24, 2.45) is 0 Å². The molecule has 0 aliphatic rings. The van der Waals surface area contributed by atoms with E-state index in [1.807, 2.05) is 13.8 Å². The highest BCUT2D eigenvalue weighted by Gasteiger charge is 2.07. The molecule has 0 aliphatic heterocycles. The summed E-state index contributed by atoms with van der Waals surface area (Å²) in [6.07, 6.45) is 0. The first-order chi connectivity index (χ1) is 11.2. The minimum absolute atomic E-state index is 0.165. The van der Waals surface area contributed by atoms with Crippen molar-refractivity contribution in [2.75, 3.05) is 19.8 Å². The van der Waals surface area contributed by atoms with Crippen LogP contribution in [0.3, 0.4) is 0 Å². The predicted octanol–water partition coefficient (Wildman–Crippen LogP) is 3.47. The fourth-order valence-corrected chi connectivity index (χ4v) is 1.87. The van der Waals surface area contributed by atoms with Gasteiger partial charge in [-0.3, -0.25) is 0 Å². The van der Waals surface area contributed by atoms with E-state index in [4.69, 9.17) is 18.9 Å². The van der Waals surface area contributed by atoms with Crippen molar-refractivity contribution in [2.45, 2.75) is 13.8 Å². The van der Waals surface area contributed by atoms with Gasteiger partial charge in [-0.05, 0) is 62.4 Å². The summed E-state index contributed by atoms with van der Waals surface area (Å²) in [5, 5.41) is 0. The third kappa shape index (κ3) is 5.54. The first-order valence-corrected chi connectivity index (χ1v) is 7.50. The summed E-state index contributed by atoms with van der Waals surface area (Å²) in [6.45, 7) is 4.86. The van der Waals surface area contributed by atoms with Gasteiger partial charge in [0, 0.05) is 0 Å². The fourth-order valence-electron chi connectivity index (χ4n) is 1.87. The lowest BCUT2D eigenvalue weighted by molar-refractivity contribution is -0.136. The molecular weight excluding hydrogens is 296 g/mol. The zero-order valence-corrected chi connectivity index (χ0v) is 13.3. The van der Waals surface area contributed by atoms with Gasteiger partial charge in [0.2, 0.25) is 0 Å². The average molecular weight is 316 g/mol. The van der Waals surface area contributed by atoms with E-state index in [0.29, 0.717) is 24.7 Å². The Balaban J connectivity index is 1.80. The first-order valence-electron chi connectivity index (χ1n) is 7.50. The number of benzene rings is 2. The van der Waals surface area contributed by atoms with Crippen LogP contribution in [0.1, 0.15) is 13.8 Å². The van der Waals surface area contributed by atoms with E-state index in [-0.39, 0.29) is 6.61 Å². The Bertz CT molecular complexity index is 604. The van der Waals surface area contributed by atoms with Gasteiger partial charge in [-0.25, -0.2) is 4.79 Å². The minimum atomic E-state index is -0.469. The van der Waals surface area contributed by atoms with Crippen molar-refractivity contribution in [3.8, 4) is 23.0 Å². The molecule has 23 heavy (non-hydrogen) atoms. The SMILES string of the molecule is CCOc1ccc(OCC(=O)Oc2ccc(OCC)cc2)cc1. The van der Waals surface area contributed by atoms with Crippen LogP contribution < -0.4 is 18.9 Å². The molecule has 0 heterocycles. The molecule has 0 spiro atoms. The second-order valence-corrected chi connectivity index (χ2v) is 4.57. The average Bonchev–Trinajstić information content (AvgIpc) is 2.57. The molecule has 0 saturated carbocycles. The van der Waals surface area contributed by atoms with E-state index in [1.165, 1.54) is 0 Å². The topological polar surface area (TPSA) is 54.0 Å². The fraction of sp³-hybridized carbons (Fsp3) is 0.278. The zero-order chi connectivity index (χ0) is 16.5. The Hall–Kier alpha value is -2.69. The van der Waals surface area contributed by atoms with Crippen LogP contribution in [0.2, 0.25) is 0 Å². The lowest BCUT2D eigenvalue weighted by atomic mass is 10.3. The van der Waals surface area contributed by atoms with Crippen LogP contribution in [-0.4, -0.2) is 25.8 Å². The molecule has 0 atom stereocenters. The first kappa shape index (κ1) is 16.7. The maximum absolute atomic E-state index is 11.8. The van der Waals surface area contributed by atoms with Gasteiger partial charge in [0.25, 0.3) is 0 Å². The Labute approximate surface area is 135 Å². The predicted molar refractivity (Wildman–Crippen MR) is 86.4 cm³/mol. The van der Waals surface area contributed by atoms with Crippen molar-refractivity contribution in [3.05, 3.63) is 48.5 Å². The van der Waals surface area contributed by atoms with Crippen molar-refractivity contribution >= 4 is 5.97 Å². The summed E-state index contributed by atoms with van der Waals surface area (Å²) in [4.78, 5) is 11.8. The summed E-state index contributed by atoms with van der Waals surface area (Å²) in [5.41, 5.74) is 0. The second kappa shape index (κ2) is 8.68. The maximum Gasteiger partial charge on any atom is 0.349 e. The minimum Gasteiger partial charge on any atom is -0.494 e. The van der Waals surface area contributed by atoms with Gasteiger partial charge in [-0.1, -0.05) is 0 Å². The Kier molecular flexibility index (Phi) is 6.29. The molecular formula is C18H20O5. The summed E-state index contributed by atoms with van der Waals surface area (Å²) in [7, 11) is 0. The summed E-state index contributed by atoms with van der Waals surface area (Å²) < 4.78 is 21.2. The smallest absolute Gasteiger partial charge is 0.349 e. The number of rotatable bonds is 8. The molecule has 2 rings (SSSR count). The lowest BCUT2D eigenvalue weighted by Gasteiger charge is -2.08. The highest BCUT2D eigenvalue weighted by Crippen LogP contribution is 2.19. The normalized spacial score (nSPS) is 10.0. The molecule has 122 valence electrons. The van der Waals surface area contributed by atoms with E-state index >= 15 is 0 Å².